The van der Waals surface area contributed by atoms with E-state index in [0.717, 1.165) is 0 Å². The Morgan fingerprint density at radius 1 is 1.12 bits per heavy atom. The second-order valence-corrected chi connectivity index (χ2v) is 8.51. The molecule has 34 heavy (non-hydrogen) atoms. The van der Waals surface area contributed by atoms with Gasteiger partial charge < -0.3 is 42.6 Å². The highest BCUT2D eigenvalue weighted by molar-refractivity contribution is 7.98. The van der Waals surface area contributed by atoms with E-state index in [1.54, 1.807) is 6.26 Å². The fraction of sp³-hybridized carbons (Fsp3) is 0.579. The molecule has 10 N–H and O–H groups in total. The molecule has 0 aliphatic rings. The Kier molecular flexibility index (Phi) is 12.0. The number of aromatic nitrogens is 2. The Morgan fingerprint density at radius 2 is 1.76 bits per heavy atom. The van der Waals surface area contributed by atoms with Crippen molar-refractivity contribution in [3.05, 3.63) is 18.2 Å². The summed E-state index contributed by atoms with van der Waals surface area (Å²) in [5.74, 6) is -4.19. The molecule has 15 heteroatoms. The number of aliphatic carboxylic acids is 1. The molecule has 0 saturated carbocycles. The molecule has 5 atom stereocenters. The van der Waals surface area contributed by atoms with Gasteiger partial charge in [0.25, 0.3) is 0 Å². The SMILES string of the molecule is CSCCC(NC(=O)C(NC(=O)C(N)CC(N)=O)C(C)O)C(=O)NC(Cc1cnc[nH]1)C(=O)O. The smallest absolute Gasteiger partial charge is 0.326 e. The first-order valence-electron chi connectivity index (χ1n) is 10.3. The summed E-state index contributed by atoms with van der Waals surface area (Å²) in [5, 5.41) is 26.5. The molecule has 0 aliphatic heterocycles. The van der Waals surface area contributed by atoms with Crippen molar-refractivity contribution in [3.63, 3.8) is 0 Å². The van der Waals surface area contributed by atoms with E-state index < -0.39 is 66.3 Å². The number of nitrogens with zero attached hydrogens (tertiary/aromatic N) is 1. The zero-order valence-electron chi connectivity index (χ0n) is 18.8. The summed E-state index contributed by atoms with van der Waals surface area (Å²) in [5.41, 5.74) is 11.1. The summed E-state index contributed by atoms with van der Waals surface area (Å²) in [4.78, 5) is 66.9. The van der Waals surface area contributed by atoms with Crippen LogP contribution in [0.2, 0.25) is 0 Å². The van der Waals surface area contributed by atoms with Crippen molar-refractivity contribution in [2.45, 2.75) is 56.5 Å². The standard InChI is InChI=1S/C19H31N7O7S/c1-9(27)15(26-16(29)11(20)6-14(21)28)18(31)24-12(3-4-34-2)17(30)25-13(19(32)33)5-10-7-22-8-23-10/h7-9,11-13,15,27H,3-6,20H2,1-2H3,(H2,21,28)(H,22,23)(H,24,31)(H,25,30)(H,26,29)(H,32,33). The molecular weight excluding hydrogens is 470 g/mol. The van der Waals surface area contributed by atoms with Crippen molar-refractivity contribution < 1.29 is 34.2 Å². The first-order chi connectivity index (χ1) is 16.0. The van der Waals surface area contributed by atoms with Crippen molar-refractivity contribution in [2.75, 3.05) is 12.0 Å². The molecular formula is C19H31N7O7S. The van der Waals surface area contributed by atoms with Crippen LogP contribution in [0.1, 0.15) is 25.5 Å². The number of carboxylic acid groups (broad SMARTS) is 1. The van der Waals surface area contributed by atoms with Crippen LogP contribution < -0.4 is 27.4 Å². The molecule has 190 valence electrons. The fourth-order valence-corrected chi connectivity index (χ4v) is 3.30. The number of nitrogens with two attached hydrogens (primary N) is 2. The highest BCUT2D eigenvalue weighted by Crippen LogP contribution is 2.06. The minimum absolute atomic E-state index is 0.0611. The van der Waals surface area contributed by atoms with E-state index >= 15 is 0 Å². The number of rotatable bonds is 15. The molecule has 14 nitrogen and oxygen atoms in total. The molecule has 4 amide bonds. The molecule has 0 fully saturated rings. The Morgan fingerprint density at radius 3 is 2.26 bits per heavy atom. The number of primary amides is 1. The van der Waals surface area contributed by atoms with Gasteiger partial charge in [0.15, 0.2) is 0 Å². The zero-order valence-corrected chi connectivity index (χ0v) is 19.6. The first-order valence-corrected chi connectivity index (χ1v) is 11.7. The molecule has 1 heterocycles. The summed E-state index contributed by atoms with van der Waals surface area (Å²) < 4.78 is 0. The van der Waals surface area contributed by atoms with Gasteiger partial charge in [0, 0.05) is 18.3 Å². The Hall–Kier alpha value is -3.17. The van der Waals surface area contributed by atoms with Gasteiger partial charge >= 0.3 is 5.97 Å². The van der Waals surface area contributed by atoms with Crippen LogP contribution in [0.15, 0.2) is 12.5 Å². The zero-order chi connectivity index (χ0) is 25.8. The number of aliphatic hydroxyl groups excluding tert-OH is 1. The van der Waals surface area contributed by atoms with Gasteiger partial charge in [-0.25, -0.2) is 9.78 Å². The van der Waals surface area contributed by atoms with Crippen LogP contribution in [0, 0.1) is 0 Å². The van der Waals surface area contributed by atoms with E-state index in [1.165, 1.54) is 31.2 Å². The highest BCUT2D eigenvalue weighted by atomic mass is 32.2. The normalized spacial score (nSPS) is 15.3. The topological polar surface area (TPSA) is 243 Å². The average Bonchev–Trinajstić information content (AvgIpc) is 3.26. The molecule has 1 rings (SSSR count). The third kappa shape index (κ3) is 9.76. The summed E-state index contributed by atoms with van der Waals surface area (Å²) in [6.45, 7) is 1.24. The summed E-state index contributed by atoms with van der Waals surface area (Å²) in [6.07, 6.45) is 2.83. The fourth-order valence-electron chi connectivity index (χ4n) is 2.83. The number of amides is 4. The maximum absolute atomic E-state index is 12.8. The maximum Gasteiger partial charge on any atom is 0.326 e. The summed E-state index contributed by atoms with van der Waals surface area (Å²) in [6, 6.07) is -5.26. The molecule has 0 spiro atoms. The van der Waals surface area contributed by atoms with Gasteiger partial charge in [-0.05, 0) is 25.4 Å². The van der Waals surface area contributed by atoms with Crippen LogP contribution in [-0.2, 0) is 30.4 Å². The number of thioether (sulfide) groups is 1. The molecule has 1 aromatic rings. The van der Waals surface area contributed by atoms with Crippen molar-refractivity contribution in [1.82, 2.24) is 25.9 Å². The maximum atomic E-state index is 12.8. The van der Waals surface area contributed by atoms with Crippen molar-refractivity contribution >= 4 is 41.4 Å². The van der Waals surface area contributed by atoms with Crippen LogP contribution >= 0.6 is 11.8 Å². The number of aliphatic hydroxyl groups is 1. The molecule has 0 saturated heterocycles. The average molecular weight is 502 g/mol. The lowest BCUT2D eigenvalue weighted by molar-refractivity contribution is -0.142. The van der Waals surface area contributed by atoms with E-state index in [-0.39, 0.29) is 12.8 Å². The minimum atomic E-state index is -1.49. The first kappa shape index (κ1) is 28.9. The van der Waals surface area contributed by atoms with E-state index in [4.69, 9.17) is 11.5 Å². The molecule has 5 unspecified atom stereocenters. The molecule has 0 aromatic carbocycles. The predicted molar refractivity (Wildman–Crippen MR) is 122 cm³/mol. The second-order valence-electron chi connectivity index (χ2n) is 7.53. The number of hydrogen-bond acceptors (Lipinski definition) is 9. The number of imidazole rings is 1. The van der Waals surface area contributed by atoms with Gasteiger partial charge in [-0.2, -0.15) is 11.8 Å². The number of nitrogens with one attached hydrogen (secondary N) is 4. The van der Waals surface area contributed by atoms with E-state index in [0.29, 0.717) is 11.4 Å². The molecule has 1 aromatic heterocycles. The lowest BCUT2D eigenvalue weighted by atomic mass is 10.1. The molecule has 0 aliphatic carbocycles. The van der Waals surface area contributed by atoms with Crippen LogP contribution in [0.25, 0.3) is 0 Å². The number of carbonyl (C=O) groups is 5. The van der Waals surface area contributed by atoms with Crippen LogP contribution in [0.5, 0.6) is 0 Å². The highest BCUT2D eigenvalue weighted by Gasteiger charge is 2.32. The van der Waals surface area contributed by atoms with Crippen LogP contribution in [-0.4, -0.2) is 92.1 Å². The van der Waals surface area contributed by atoms with E-state index in [1.807, 2.05) is 0 Å². The van der Waals surface area contributed by atoms with E-state index in [9.17, 15) is 34.2 Å². The summed E-state index contributed by atoms with van der Waals surface area (Å²) in [7, 11) is 0. The van der Waals surface area contributed by atoms with Gasteiger partial charge in [-0.15, -0.1) is 0 Å². The van der Waals surface area contributed by atoms with Gasteiger partial charge in [-0.1, -0.05) is 0 Å². The third-order valence-electron chi connectivity index (χ3n) is 4.66. The van der Waals surface area contributed by atoms with Crippen molar-refractivity contribution in [1.29, 1.82) is 0 Å². The van der Waals surface area contributed by atoms with Gasteiger partial charge in [0.05, 0.1) is 24.9 Å². The van der Waals surface area contributed by atoms with Crippen molar-refractivity contribution in [3.8, 4) is 0 Å². The Bertz CT molecular complexity index is 850. The summed E-state index contributed by atoms with van der Waals surface area (Å²) >= 11 is 1.40. The molecule has 0 radical (unpaired) electrons. The number of aromatic amines is 1. The van der Waals surface area contributed by atoms with Gasteiger partial charge in [0.1, 0.15) is 18.1 Å². The third-order valence-corrected chi connectivity index (χ3v) is 5.30. The number of H-pyrrole nitrogens is 1. The Balaban J connectivity index is 2.92. The van der Waals surface area contributed by atoms with Crippen LogP contribution in [0.3, 0.4) is 0 Å². The minimum Gasteiger partial charge on any atom is -0.480 e. The van der Waals surface area contributed by atoms with Crippen molar-refractivity contribution in [2.24, 2.45) is 11.5 Å². The number of carboxylic acids is 1. The molecule has 0 bridgehead atoms. The Labute approximate surface area is 200 Å². The quantitative estimate of drug-likeness (QED) is 0.120. The van der Waals surface area contributed by atoms with Gasteiger partial charge in [0.2, 0.25) is 23.6 Å². The predicted octanol–water partition coefficient (Wildman–Crippen LogP) is -3.17. The van der Waals surface area contributed by atoms with Crippen LogP contribution in [0.4, 0.5) is 0 Å². The lowest BCUT2D eigenvalue weighted by Crippen LogP contribution is -2.60. The monoisotopic (exact) mass is 501 g/mol. The number of hydrogen-bond donors (Lipinski definition) is 8. The largest absolute Gasteiger partial charge is 0.480 e. The number of carbonyl (C=O) groups excluding carboxylic acids is 4. The second kappa shape index (κ2) is 14.2. The van der Waals surface area contributed by atoms with E-state index in [2.05, 4.69) is 25.9 Å². The lowest BCUT2D eigenvalue weighted by Gasteiger charge is -2.26. The van der Waals surface area contributed by atoms with Gasteiger partial charge in [-0.3, -0.25) is 19.2 Å².